The van der Waals surface area contributed by atoms with Crippen molar-refractivity contribution in [1.82, 2.24) is 14.5 Å². The van der Waals surface area contributed by atoms with E-state index in [2.05, 4.69) is 5.32 Å². The highest BCUT2D eigenvalue weighted by atomic mass is 32.2. The second-order valence-corrected chi connectivity index (χ2v) is 10.0. The number of carbonyl (C=O) groups is 2. The minimum absolute atomic E-state index is 0.00206. The van der Waals surface area contributed by atoms with Crippen molar-refractivity contribution in [1.29, 1.82) is 0 Å². The van der Waals surface area contributed by atoms with E-state index < -0.39 is 22.2 Å². The summed E-state index contributed by atoms with van der Waals surface area (Å²) in [5.41, 5.74) is 0.637. The lowest BCUT2D eigenvalue weighted by Gasteiger charge is -2.35. The average molecular weight is 494 g/mol. The Morgan fingerprint density at radius 1 is 1.06 bits per heavy atom. The fourth-order valence-electron chi connectivity index (χ4n) is 3.85. The first-order valence-corrected chi connectivity index (χ1v) is 12.5. The topological polar surface area (TPSA) is 107 Å². The molecule has 0 unspecified atom stereocenters. The predicted molar refractivity (Wildman–Crippen MR) is 116 cm³/mol. The highest BCUT2D eigenvalue weighted by molar-refractivity contribution is 7.89. The Morgan fingerprint density at radius 2 is 1.61 bits per heavy atom. The standard InChI is InChI=1S/C19H29N3O3S.C2HF3O2/c23-19(17-7-3-1-4-8-17)22(18-9-5-2-6-10-18)15-16-26(24,25)21-13-11-20-12-14-21;3-2(4,5)1(6)7/h1,3-4,7-8,18,20H,2,5-6,9-16H2;(H,6,7). The fraction of sp³-hybridized carbons (Fsp3) is 0.619. The smallest absolute Gasteiger partial charge is 0.475 e. The zero-order valence-electron chi connectivity index (χ0n) is 18.3. The summed E-state index contributed by atoms with van der Waals surface area (Å²) in [7, 11) is -3.33. The molecule has 1 saturated heterocycles. The number of alkyl halides is 3. The molecule has 1 saturated carbocycles. The minimum Gasteiger partial charge on any atom is -0.475 e. The SMILES string of the molecule is O=C(O)C(F)(F)F.O=C(c1ccccc1)N(CCS(=O)(=O)N1CCNCC1)C1CCCCC1. The molecule has 2 fully saturated rings. The van der Waals surface area contributed by atoms with Gasteiger partial charge >= 0.3 is 12.1 Å². The molecule has 12 heteroatoms. The number of rotatable bonds is 6. The molecule has 186 valence electrons. The highest BCUT2D eigenvalue weighted by Gasteiger charge is 2.38. The van der Waals surface area contributed by atoms with Crippen LogP contribution in [0.2, 0.25) is 0 Å². The van der Waals surface area contributed by atoms with Crippen LogP contribution in [0.4, 0.5) is 13.2 Å². The quantitative estimate of drug-likeness (QED) is 0.630. The number of hydrogen-bond donors (Lipinski definition) is 2. The first kappa shape index (κ1) is 27.1. The normalized spacial score (nSPS) is 18.2. The van der Waals surface area contributed by atoms with Gasteiger partial charge in [0.1, 0.15) is 0 Å². The Balaban J connectivity index is 0.000000479. The number of nitrogens with zero attached hydrogens (tertiary/aromatic N) is 2. The number of benzene rings is 1. The molecule has 2 N–H and O–H groups in total. The molecule has 1 aromatic rings. The number of hydrogen-bond acceptors (Lipinski definition) is 5. The van der Waals surface area contributed by atoms with E-state index in [0.29, 0.717) is 31.7 Å². The summed E-state index contributed by atoms with van der Waals surface area (Å²) in [5, 5.41) is 10.3. The van der Waals surface area contributed by atoms with E-state index in [-0.39, 0.29) is 24.2 Å². The van der Waals surface area contributed by atoms with Crippen LogP contribution in [0, 0.1) is 0 Å². The van der Waals surface area contributed by atoms with E-state index in [1.807, 2.05) is 35.2 Å². The maximum Gasteiger partial charge on any atom is 0.490 e. The van der Waals surface area contributed by atoms with Gasteiger partial charge in [0, 0.05) is 44.3 Å². The zero-order chi connectivity index (χ0) is 24.5. The summed E-state index contributed by atoms with van der Waals surface area (Å²) in [5.74, 6) is -2.80. The summed E-state index contributed by atoms with van der Waals surface area (Å²) in [4.78, 5) is 23.8. The molecular weight excluding hydrogens is 463 g/mol. The molecule has 8 nitrogen and oxygen atoms in total. The number of halogens is 3. The van der Waals surface area contributed by atoms with Gasteiger partial charge < -0.3 is 15.3 Å². The number of nitrogens with one attached hydrogen (secondary N) is 1. The van der Waals surface area contributed by atoms with E-state index in [4.69, 9.17) is 9.90 Å². The van der Waals surface area contributed by atoms with Crippen LogP contribution < -0.4 is 5.32 Å². The molecule has 1 aromatic carbocycles. The fourth-order valence-corrected chi connectivity index (χ4v) is 5.28. The van der Waals surface area contributed by atoms with Crippen molar-refractivity contribution in [2.45, 2.75) is 44.3 Å². The molecule has 1 amide bonds. The van der Waals surface area contributed by atoms with Gasteiger partial charge in [-0.05, 0) is 25.0 Å². The van der Waals surface area contributed by atoms with Crippen LogP contribution in [0.15, 0.2) is 30.3 Å². The van der Waals surface area contributed by atoms with Crippen molar-refractivity contribution >= 4 is 21.9 Å². The second-order valence-electron chi connectivity index (χ2n) is 7.92. The van der Waals surface area contributed by atoms with Crippen LogP contribution in [0.25, 0.3) is 0 Å². The van der Waals surface area contributed by atoms with E-state index in [0.717, 1.165) is 25.7 Å². The number of piperazine rings is 1. The van der Waals surface area contributed by atoms with Crippen LogP contribution in [0.3, 0.4) is 0 Å². The van der Waals surface area contributed by atoms with Crippen LogP contribution in [-0.2, 0) is 14.8 Å². The number of carbonyl (C=O) groups excluding carboxylic acids is 1. The van der Waals surface area contributed by atoms with Crippen LogP contribution in [0.5, 0.6) is 0 Å². The van der Waals surface area contributed by atoms with Gasteiger partial charge in [-0.15, -0.1) is 0 Å². The lowest BCUT2D eigenvalue weighted by atomic mass is 9.93. The Morgan fingerprint density at radius 3 is 2.12 bits per heavy atom. The zero-order valence-corrected chi connectivity index (χ0v) is 19.1. The molecule has 0 bridgehead atoms. The average Bonchev–Trinajstić information content (AvgIpc) is 2.80. The van der Waals surface area contributed by atoms with Gasteiger partial charge in [0.2, 0.25) is 10.0 Å². The first-order chi connectivity index (χ1) is 15.5. The molecule has 0 atom stereocenters. The summed E-state index contributed by atoms with van der Waals surface area (Å²) in [6.07, 6.45) is 0.253. The third-order valence-corrected chi connectivity index (χ3v) is 7.45. The maximum absolute atomic E-state index is 13.0. The number of amides is 1. The molecule has 0 radical (unpaired) electrons. The van der Waals surface area contributed by atoms with Crippen molar-refractivity contribution in [2.75, 3.05) is 38.5 Å². The van der Waals surface area contributed by atoms with Gasteiger partial charge in [-0.1, -0.05) is 37.5 Å². The van der Waals surface area contributed by atoms with E-state index in [1.54, 1.807) is 4.31 Å². The lowest BCUT2D eigenvalue weighted by molar-refractivity contribution is -0.192. The van der Waals surface area contributed by atoms with Gasteiger partial charge in [0.25, 0.3) is 5.91 Å². The molecule has 3 rings (SSSR count). The highest BCUT2D eigenvalue weighted by Crippen LogP contribution is 2.24. The molecule has 0 aromatic heterocycles. The first-order valence-electron chi connectivity index (χ1n) is 10.9. The Kier molecular flexibility index (Phi) is 10.1. The van der Waals surface area contributed by atoms with Gasteiger partial charge in [-0.25, -0.2) is 13.2 Å². The Labute approximate surface area is 191 Å². The summed E-state index contributed by atoms with van der Waals surface area (Å²) in [6.45, 7) is 2.67. The van der Waals surface area contributed by atoms with Crippen LogP contribution in [0.1, 0.15) is 42.5 Å². The van der Waals surface area contributed by atoms with E-state index in [1.165, 1.54) is 6.42 Å². The van der Waals surface area contributed by atoms with Crippen LogP contribution >= 0.6 is 0 Å². The minimum atomic E-state index is -5.08. The van der Waals surface area contributed by atoms with Crippen molar-refractivity contribution in [2.24, 2.45) is 0 Å². The predicted octanol–water partition coefficient (Wildman–Crippen LogP) is 2.33. The number of carboxylic acid groups (broad SMARTS) is 1. The molecule has 0 spiro atoms. The Bertz CT molecular complexity index is 869. The molecule has 2 aliphatic rings. The van der Waals surface area contributed by atoms with Crippen molar-refractivity contribution in [3.63, 3.8) is 0 Å². The largest absolute Gasteiger partial charge is 0.490 e. The van der Waals surface area contributed by atoms with Crippen molar-refractivity contribution in [3.05, 3.63) is 35.9 Å². The number of sulfonamides is 1. The van der Waals surface area contributed by atoms with Gasteiger partial charge in [0.15, 0.2) is 0 Å². The molecular formula is C21H30F3N3O5S. The van der Waals surface area contributed by atoms with E-state index >= 15 is 0 Å². The van der Waals surface area contributed by atoms with Crippen molar-refractivity contribution in [3.8, 4) is 0 Å². The maximum atomic E-state index is 13.0. The monoisotopic (exact) mass is 493 g/mol. The molecule has 1 aliphatic carbocycles. The second kappa shape index (κ2) is 12.3. The third kappa shape index (κ3) is 8.59. The number of carboxylic acids is 1. The number of aliphatic carboxylic acids is 1. The van der Waals surface area contributed by atoms with Gasteiger partial charge in [0.05, 0.1) is 5.75 Å². The lowest BCUT2D eigenvalue weighted by Crippen LogP contribution is -2.49. The van der Waals surface area contributed by atoms with Gasteiger partial charge in [-0.2, -0.15) is 17.5 Å². The third-order valence-electron chi connectivity index (χ3n) is 5.60. The molecule has 33 heavy (non-hydrogen) atoms. The molecule has 1 heterocycles. The van der Waals surface area contributed by atoms with Gasteiger partial charge in [-0.3, -0.25) is 4.79 Å². The summed E-state index contributed by atoms with van der Waals surface area (Å²) >= 11 is 0. The van der Waals surface area contributed by atoms with E-state index in [9.17, 15) is 26.4 Å². The van der Waals surface area contributed by atoms with Crippen LogP contribution in [-0.4, -0.2) is 85.3 Å². The molecule has 1 aliphatic heterocycles. The summed E-state index contributed by atoms with van der Waals surface area (Å²) in [6, 6.07) is 9.35. The Hall–Kier alpha value is -2.18. The summed E-state index contributed by atoms with van der Waals surface area (Å²) < 4.78 is 58.7. The van der Waals surface area contributed by atoms with Crippen molar-refractivity contribution < 1.29 is 36.3 Å².